The Hall–Kier alpha value is -0.870. The van der Waals surface area contributed by atoms with Crippen molar-refractivity contribution in [3.63, 3.8) is 0 Å². The molecule has 0 fully saturated rings. The normalized spacial score (nSPS) is 12.1. The summed E-state index contributed by atoms with van der Waals surface area (Å²) in [5.41, 5.74) is 0.776. The van der Waals surface area contributed by atoms with Crippen molar-refractivity contribution in [2.75, 3.05) is 17.3 Å². The van der Waals surface area contributed by atoms with Crippen LogP contribution in [0.3, 0.4) is 0 Å². The summed E-state index contributed by atoms with van der Waals surface area (Å²) in [5, 5.41) is 12.6. The molecular formula is C11H14ClNO2S. The van der Waals surface area contributed by atoms with Gasteiger partial charge >= 0.3 is 5.97 Å². The van der Waals surface area contributed by atoms with Gasteiger partial charge < -0.3 is 10.4 Å². The van der Waals surface area contributed by atoms with E-state index in [-0.39, 0.29) is 0 Å². The summed E-state index contributed by atoms with van der Waals surface area (Å²) in [7, 11) is 0. The number of rotatable bonds is 6. The van der Waals surface area contributed by atoms with E-state index in [9.17, 15) is 4.79 Å². The molecule has 0 heterocycles. The Morgan fingerprint density at radius 2 is 2.12 bits per heavy atom. The topological polar surface area (TPSA) is 49.3 Å². The average molecular weight is 260 g/mol. The van der Waals surface area contributed by atoms with Gasteiger partial charge in [0.2, 0.25) is 0 Å². The van der Waals surface area contributed by atoms with Gasteiger partial charge in [0.15, 0.2) is 0 Å². The Kier molecular flexibility index (Phi) is 5.49. The highest BCUT2D eigenvalue weighted by atomic mass is 35.5. The molecule has 1 aromatic carbocycles. The van der Waals surface area contributed by atoms with Crippen molar-refractivity contribution in [1.29, 1.82) is 0 Å². The molecule has 1 rings (SSSR count). The van der Waals surface area contributed by atoms with Crippen LogP contribution in [0, 0.1) is 0 Å². The fourth-order valence-corrected chi connectivity index (χ4v) is 1.84. The second-order valence-corrected chi connectivity index (χ2v) is 4.75. The van der Waals surface area contributed by atoms with Crippen molar-refractivity contribution in [1.82, 2.24) is 0 Å². The first-order chi connectivity index (χ1) is 7.63. The van der Waals surface area contributed by atoms with E-state index in [1.807, 2.05) is 6.26 Å². The van der Waals surface area contributed by atoms with E-state index in [0.29, 0.717) is 11.4 Å². The molecule has 3 nitrogen and oxygen atoms in total. The Morgan fingerprint density at radius 3 is 2.62 bits per heavy atom. The number of nitrogens with one attached hydrogen (secondary N) is 1. The number of thioether (sulfide) groups is 1. The SMILES string of the molecule is CSCCC(Nc1ccc(Cl)cc1)C(=O)O. The number of hydrogen-bond acceptors (Lipinski definition) is 3. The molecule has 1 unspecified atom stereocenters. The third kappa shape index (κ3) is 4.33. The largest absolute Gasteiger partial charge is 0.480 e. The second kappa shape index (κ2) is 6.66. The fraction of sp³-hybridized carbons (Fsp3) is 0.364. The fourth-order valence-electron chi connectivity index (χ4n) is 1.24. The molecule has 1 atom stereocenters. The molecule has 0 spiro atoms. The van der Waals surface area contributed by atoms with Crippen molar-refractivity contribution in [2.24, 2.45) is 0 Å². The van der Waals surface area contributed by atoms with E-state index in [0.717, 1.165) is 11.4 Å². The van der Waals surface area contributed by atoms with Crippen LogP contribution in [0.5, 0.6) is 0 Å². The summed E-state index contributed by atoms with van der Waals surface area (Å²) in [6.45, 7) is 0. The highest BCUT2D eigenvalue weighted by Gasteiger charge is 2.16. The van der Waals surface area contributed by atoms with Crippen LogP contribution in [0.25, 0.3) is 0 Å². The molecule has 0 bridgehead atoms. The van der Waals surface area contributed by atoms with Crippen molar-refractivity contribution >= 4 is 35.0 Å². The Labute approximate surface area is 104 Å². The maximum Gasteiger partial charge on any atom is 0.326 e. The molecule has 0 aliphatic rings. The van der Waals surface area contributed by atoms with E-state index in [4.69, 9.17) is 16.7 Å². The summed E-state index contributed by atoms with van der Waals surface area (Å²) >= 11 is 7.38. The van der Waals surface area contributed by atoms with Gasteiger partial charge in [0, 0.05) is 10.7 Å². The molecule has 0 aliphatic carbocycles. The van der Waals surface area contributed by atoms with Crippen LogP contribution < -0.4 is 5.32 Å². The van der Waals surface area contributed by atoms with Gasteiger partial charge in [0.05, 0.1) is 0 Å². The standard InChI is InChI=1S/C11H14ClNO2S/c1-16-7-6-10(11(14)15)13-9-4-2-8(12)3-5-9/h2-5,10,13H,6-7H2,1H3,(H,14,15). The summed E-state index contributed by atoms with van der Waals surface area (Å²) in [5.74, 6) is -0.0126. The highest BCUT2D eigenvalue weighted by Crippen LogP contribution is 2.15. The average Bonchev–Trinajstić information content (AvgIpc) is 2.26. The lowest BCUT2D eigenvalue weighted by atomic mass is 10.2. The van der Waals surface area contributed by atoms with Crippen LogP contribution in [-0.4, -0.2) is 29.1 Å². The predicted octanol–water partition coefficient (Wildman–Crippen LogP) is 2.96. The van der Waals surface area contributed by atoms with Crippen LogP contribution in [-0.2, 0) is 4.79 Å². The number of carboxylic acids is 1. The second-order valence-electron chi connectivity index (χ2n) is 3.32. The van der Waals surface area contributed by atoms with E-state index >= 15 is 0 Å². The molecule has 0 aliphatic heterocycles. The first kappa shape index (κ1) is 13.2. The van der Waals surface area contributed by atoms with Crippen molar-refractivity contribution in [3.05, 3.63) is 29.3 Å². The smallest absolute Gasteiger partial charge is 0.326 e. The Balaban J connectivity index is 2.60. The molecule has 0 aromatic heterocycles. The van der Waals surface area contributed by atoms with Gasteiger partial charge in [0.1, 0.15) is 6.04 Å². The van der Waals surface area contributed by atoms with E-state index in [1.54, 1.807) is 36.0 Å². The zero-order chi connectivity index (χ0) is 12.0. The minimum absolute atomic E-state index is 0.548. The molecule has 0 saturated carbocycles. The summed E-state index contributed by atoms with van der Waals surface area (Å²) in [4.78, 5) is 11.0. The van der Waals surface area contributed by atoms with Crippen LogP contribution in [0.4, 0.5) is 5.69 Å². The number of benzene rings is 1. The van der Waals surface area contributed by atoms with Gasteiger partial charge in [-0.25, -0.2) is 4.79 Å². The lowest BCUT2D eigenvalue weighted by molar-refractivity contribution is -0.137. The van der Waals surface area contributed by atoms with Gasteiger partial charge in [-0.05, 0) is 42.7 Å². The molecule has 1 aromatic rings. The number of halogens is 1. The van der Waals surface area contributed by atoms with Crippen LogP contribution in [0.1, 0.15) is 6.42 Å². The quantitative estimate of drug-likeness (QED) is 0.825. The predicted molar refractivity (Wildman–Crippen MR) is 69.5 cm³/mol. The van der Waals surface area contributed by atoms with Crippen molar-refractivity contribution in [2.45, 2.75) is 12.5 Å². The number of carbonyl (C=O) groups is 1. The maximum absolute atomic E-state index is 11.0. The third-order valence-corrected chi connectivity index (χ3v) is 2.99. The zero-order valence-electron chi connectivity index (χ0n) is 8.94. The van der Waals surface area contributed by atoms with Gasteiger partial charge in [0.25, 0.3) is 0 Å². The van der Waals surface area contributed by atoms with Gasteiger partial charge in [-0.3, -0.25) is 0 Å². The minimum Gasteiger partial charge on any atom is -0.480 e. The monoisotopic (exact) mass is 259 g/mol. The van der Waals surface area contributed by atoms with E-state index in [2.05, 4.69) is 5.32 Å². The molecule has 16 heavy (non-hydrogen) atoms. The van der Waals surface area contributed by atoms with Crippen LogP contribution in [0.2, 0.25) is 5.02 Å². The molecule has 5 heteroatoms. The first-order valence-electron chi connectivity index (χ1n) is 4.87. The number of carboxylic acid groups (broad SMARTS) is 1. The summed E-state index contributed by atoms with van der Waals surface area (Å²) in [6, 6.07) is 6.47. The summed E-state index contributed by atoms with van der Waals surface area (Å²) < 4.78 is 0. The zero-order valence-corrected chi connectivity index (χ0v) is 10.5. The lowest BCUT2D eigenvalue weighted by Crippen LogP contribution is -2.29. The van der Waals surface area contributed by atoms with Gasteiger partial charge in [-0.2, -0.15) is 11.8 Å². The van der Waals surface area contributed by atoms with Crippen LogP contribution in [0.15, 0.2) is 24.3 Å². The molecule has 2 N–H and O–H groups in total. The minimum atomic E-state index is -0.830. The van der Waals surface area contributed by atoms with Crippen molar-refractivity contribution < 1.29 is 9.90 Å². The van der Waals surface area contributed by atoms with Gasteiger partial charge in [-0.15, -0.1) is 0 Å². The summed E-state index contributed by atoms with van der Waals surface area (Å²) in [6.07, 6.45) is 2.56. The third-order valence-electron chi connectivity index (χ3n) is 2.09. The maximum atomic E-state index is 11.0. The number of aliphatic carboxylic acids is 1. The van der Waals surface area contributed by atoms with Crippen molar-refractivity contribution in [3.8, 4) is 0 Å². The van der Waals surface area contributed by atoms with Gasteiger partial charge in [-0.1, -0.05) is 11.6 Å². The van der Waals surface area contributed by atoms with E-state index in [1.165, 1.54) is 0 Å². The molecule has 0 amide bonds. The Bertz CT molecular complexity index is 342. The number of anilines is 1. The lowest BCUT2D eigenvalue weighted by Gasteiger charge is -2.15. The Morgan fingerprint density at radius 1 is 1.50 bits per heavy atom. The molecule has 0 saturated heterocycles. The molecular weight excluding hydrogens is 246 g/mol. The van der Waals surface area contributed by atoms with E-state index < -0.39 is 12.0 Å². The number of hydrogen-bond donors (Lipinski definition) is 2. The molecule has 88 valence electrons. The van der Waals surface area contributed by atoms with Crippen LogP contribution >= 0.6 is 23.4 Å². The molecule has 0 radical (unpaired) electrons. The highest BCUT2D eigenvalue weighted by molar-refractivity contribution is 7.98. The first-order valence-corrected chi connectivity index (χ1v) is 6.64.